The minimum atomic E-state index is 0.100. The lowest BCUT2D eigenvalue weighted by Gasteiger charge is -2.35. The summed E-state index contributed by atoms with van der Waals surface area (Å²) in [5.41, 5.74) is 5.54. The topological polar surface area (TPSA) is 58.8 Å². The predicted octanol–water partition coefficient (Wildman–Crippen LogP) is -0.486. The Labute approximate surface area is 97.5 Å². The third-order valence-corrected chi connectivity index (χ3v) is 2.80. The van der Waals surface area contributed by atoms with Gasteiger partial charge >= 0.3 is 0 Å². The van der Waals surface area contributed by atoms with E-state index in [4.69, 9.17) is 10.5 Å². The Kier molecular flexibility index (Phi) is 5.73. The number of carbonyl (C=O) groups excluding carboxylic acids is 1. The van der Waals surface area contributed by atoms with Crippen molar-refractivity contribution in [1.82, 2.24) is 9.80 Å². The molecule has 5 nitrogen and oxygen atoms in total. The first-order valence-corrected chi connectivity index (χ1v) is 5.87. The average Bonchev–Trinajstić information content (AvgIpc) is 2.22. The number of carbonyl (C=O) groups is 1. The largest absolute Gasteiger partial charge is 0.369 e. The molecule has 1 unspecified atom stereocenters. The van der Waals surface area contributed by atoms with Crippen molar-refractivity contribution in [3.8, 4) is 0 Å². The number of nitrogens with zero attached hydrogens (tertiary/aromatic N) is 2. The lowest BCUT2D eigenvalue weighted by molar-refractivity contribution is -0.148. The van der Waals surface area contributed by atoms with Crippen LogP contribution in [0, 0.1) is 0 Å². The van der Waals surface area contributed by atoms with E-state index in [0.717, 1.165) is 25.9 Å². The second-order valence-electron chi connectivity index (χ2n) is 4.49. The quantitative estimate of drug-likeness (QED) is 0.668. The molecule has 0 aromatic carbocycles. The van der Waals surface area contributed by atoms with Crippen molar-refractivity contribution in [2.24, 2.45) is 5.73 Å². The van der Waals surface area contributed by atoms with Gasteiger partial charge in [-0.1, -0.05) is 0 Å². The van der Waals surface area contributed by atoms with Crippen molar-refractivity contribution in [1.29, 1.82) is 0 Å². The summed E-state index contributed by atoms with van der Waals surface area (Å²) < 4.78 is 5.25. The molecular weight excluding hydrogens is 206 g/mol. The molecule has 1 atom stereocenters. The molecular formula is C11H23N3O2. The van der Waals surface area contributed by atoms with E-state index in [9.17, 15) is 4.79 Å². The van der Waals surface area contributed by atoms with Gasteiger partial charge in [0.2, 0.25) is 5.91 Å². The van der Waals surface area contributed by atoms with Gasteiger partial charge in [0.05, 0.1) is 12.6 Å². The Morgan fingerprint density at radius 3 is 2.94 bits per heavy atom. The van der Waals surface area contributed by atoms with Crippen LogP contribution in [0.1, 0.15) is 12.8 Å². The van der Waals surface area contributed by atoms with Crippen LogP contribution in [0.2, 0.25) is 0 Å². The fraction of sp³-hybridized carbons (Fsp3) is 0.909. The summed E-state index contributed by atoms with van der Waals surface area (Å²) in [5, 5.41) is 0. The summed E-state index contributed by atoms with van der Waals surface area (Å²) in [5.74, 6) is 0.100. The molecule has 1 rings (SSSR count). The molecule has 0 aromatic heterocycles. The van der Waals surface area contributed by atoms with Gasteiger partial charge in [-0.2, -0.15) is 0 Å². The smallest absolute Gasteiger partial charge is 0.248 e. The summed E-state index contributed by atoms with van der Waals surface area (Å²) in [6.45, 7) is 3.27. The van der Waals surface area contributed by atoms with E-state index in [0.29, 0.717) is 13.2 Å². The van der Waals surface area contributed by atoms with Crippen molar-refractivity contribution >= 4 is 5.91 Å². The molecule has 0 radical (unpaired) electrons. The van der Waals surface area contributed by atoms with Crippen LogP contribution in [0.5, 0.6) is 0 Å². The zero-order chi connectivity index (χ0) is 12.0. The van der Waals surface area contributed by atoms with Crippen molar-refractivity contribution in [3.05, 3.63) is 0 Å². The van der Waals surface area contributed by atoms with E-state index in [2.05, 4.69) is 4.90 Å². The van der Waals surface area contributed by atoms with Gasteiger partial charge < -0.3 is 20.3 Å². The van der Waals surface area contributed by atoms with E-state index in [1.165, 1.54) is 0 Å². The number of amides is 1. The van der Waals surface area contributed by atoms with E-state index >= 15 is 0 Å². The fourth-order valence-corrected chi connectivity index (χ4v) is 1.95. The molecule has 94 valence electrons. The summed E-state index contributed by atoms with van der Waals surface area (Å²) in [4.78, 5) is 15.8. The monoisotopic (exact) mass is 229 g/mol. The first-order chi connectivity index (χ1) is 7.65. The summed E-state index contributed by atoms with van der Waals surface area (Å²) in [7, 11) is 4.08. The lowest BCUT2D eigenvalue weighted by atomic mass is 10.1. The van der Waals surface area contributed by atoms with Gasteiger partial charge in [-0.25, -0.2) is 0 Å². The van der Waals surface area contributed by atoms with Crippen LogP contribution in [0.4, 0.5) is 0 Å². The molecule has 1 saturated heterocycles. The molecule has 1 fully saturated rings. The molecule has 1 heterocycles. The highest BCUT2D eigenvalue weighted by molar-refractivity contribution is 5.78. The molecule has 0 bridgehead atoms. The Hall–Kier alpha value is -0.650. The normalized spacial score (nSPS) is 21.9. The molecule has 1 aliphatic rings. The van der Waals surface area contributed by atoms with Gasteiger partial charge in [-0.15, -0.1) is 0 Å². The Morgan fingerprint density at radius 1 is 1.56 bits per heavy atom. The molecule has 1 aliphatic heterocycles. The van der Waals surface area contributed by atoms with E-state index in [1.807, 2.05) is 19.0 Å². The van der Waals surface area contributed by atoms with Gasteiger partial charge in [0.15, 0.2) is 0 Å². The Morgan fingerprint density at radius 2 is 2.31 bits per heavy atom. The molecule has 16 heavy (non-hydrogen) atoms. The molecule has 0 saturated carbocycles. The van der Waals surface area contributed by atoms with Crippen LogP contribution in [0.15, 0.2) is 0 Å². The SMILES string of the molecule is CN(C)CCCN1C(=O)COCC1CCN. The summed E-state index contributed by atoms with van der Waals surface area (Å²) in [6.07, 6.45) is 1.83. The Balaban J connectivity index is 2.40. The molecule has 2 N–H and O–H groups in total. The molecule has 5 heteroatoms. The van der Waals surface area contributed by atoms with Gasteiger partial charge in [0.1, 0.15) is 6.61 Å². The number of rotatable bonds is 6. The summed E-state index contributed by atoms with van der Waals surface area (Å²) >= 11 is 0. The lowest BCUT2D eigenvalue weighted by Crippen LogP contribution is -2.50. The molecule has 1 amide bonds. The maximum Gasteiger partial charge on any atom is 0.248 e. The molecule has 0 spiro atoms. The second-order valence-corrected chi connectivity index (χ2v) is 4.49. The number of hydrogen-bond donors (Lipinski definition) is 1. The van der Waals surface area contributed by atoms with Crippen molar-refractivity contribution < 1.29 is 9.53 Å². The summed E-state index contributed by atoms with van der Waals surface area (Å²) in [6, 6.07) is 0.174. The highest BCUT2D eigenvalue weighted by Crippen LogP contribution is 2.11. The van der Waals surface area contributed by atoms with E-state index in [-0.39, 0.29) is 18.6 Å². The van der Waals surface area contributed by atoms with Crippen LogP contribution >= 0.6 is 0 Å². The number of morpholine rings is 1. The average molecular weight is 229 g/mol. The highest BCUT2D eigenvalue weighted by Gasteiger charge is 2.27. The minimum absolute atomic E-state index is 0.100. The standard InChI is InChI=1S/C11H23N3O2/c1-13(2)6-3-7-14-10(4-5-12)8-16-9-11(14)15/h10H,3-9,12H2,1-2H3. The van der Waals surface area contributed by atoms with Gasteiger partial charge in [-0.05, 0) is 40.0 Å². The van der Waals surface area contributed by atoms with Gasteiger partial charge in [0, 0.05) is 6.54 Å². The third kappa shape index (κ3) is 4.08. The highest BCUT2D eigenvalue weighted by atomic mass is 16.5. The predicted molar refractivity (Wildman–Crippen MR) is 63.2 cm³/mol. The minimum Gasteiger partial charge on any atom is -0.369 e. The molecule has 0 aromatic rings. The third-order valence-electron chi connectivity index (χ3n) is 2.80. The maximum absolute atomic E-state index is 11.7. The number of ether oxygens (including phenoxy) is 1. The van der Waals surface area contributed by atoms with E-state index in [1.54, 1.807) is 0 Å². The fourth-order valence-electron chi connectivity index (χ4n) is 1.95. The van der Waals surface area contributed by atoms with Crippen molar-refractivity contribution in [2.75, 3.05) is 46.9 Å². The van der Waals surface area contributed by atoms with Crippen LogP contribution in [-0.4, -0.2) is 68.7 Å². The molecule has 0 aliphatic carbocycles. The van der Waals surface area contributed by atoms with Crippen LogP contribution in [0.25, 0.3) is 0 Å². The first kappa shape index (κ1) is 13.4. The van der Waals surface area contributed by atoms with Crippen molar-refractivity contribution in [3.63, 3.8) is 0 Å². The zero-order valence-electron chi connectivity index (χ0n) is 10.3. The van der Waals surface area contributed by atoms with Gasteiger partial charge in [0.25, 0.3) is 0 Å². The first-order valence-electron chi connectivity index (χ1n) is 5.87. The second kappa shape index (κ2) is 6.83. The van der Waals surface area contributed by atoms with Crippen molar-refractivity contribution in [2.45, 2.75) is 18.9 Å². The Bertz CT molecular complexity index is 219. The maximum atomic E-state index is 11.7. The van der Waals surface area contributed by atoms with Crippen LogP contribution in [-0.2, 0) is 9.53 Å². The van der Waals surface area contributed by atoms with Crippen LogP contribution < -0.4 is 5.73 Å². The van der Waals surface area contributed by atoms with Gasteiger partial charge in [-0.3, -0.25) is 4.79 Å². The number of nitrogens with two attached hydrogens (primary N) is 1. The number of hydrogen-bond acceptors (Lipinski definition) is 4. The van der Waals surface area contributed by atoms with E-state index < -0.39 is 0 Å². The zero-order valence-corrected chi connectivity index (χ0v) is 10.3. The van der Waals surface area contributed by atoms with Crippen LogP contribution in [0.3, 0.4) is 0 Å².